The van der Waals surface area contributed by atoms with Gasteiger partial charge < -0.3 is 0 Å². The van der Waals surface area contributed by atoms with Crippen molar-refractivity contribution in [2.24, 2.45) is 0 Å². The molecule has 1 amide bonds. The van der Waals surface area contributed by atoms with E-state index < -0.39 is 0 Å². The highest BCUT2D eigenvalue weighted by Crippen LogP contribution is 2.36. The van der Waals surface area contributed by atoms with Crippen LogP contribution in [0, 0.1) is 6.92 Å². The van der Waals surface area contributed by atoms with Gasteiger partial charge in [0.15, 0.2) is 0 Å². The predicted octanol–water partition coefficient (Wildman–Crippen LogP) is 2.45. The third-order valence-electron chi connectivity index (χ3n) is 3.83. The lowest BCUT2D eigenvalue weighted by Gasteiger charge is -2.40. The molecule has 0 aliphatic carbocycles. The Labute approximate surface area is 108 Å². The number of hydrogen-bond acceptors (Lipinski definition) is 2. The van der Waals surface area contributed by atoms with Crippen molar-refractivity contribution in [2.75, 3.05) is 13.1 Å². The van der Waals surface area contributed by atoms with Gasteiger partial charge in [-0.2, -0.15) is 0 Å². The number of hydrazine groups is 1. The number of carbonyl (C=O) groups is 1. The molecule has 0 radical (unpaired) electrons. The normalized spacial score (nSPS) is 24.5. The molecule has 0 N–H and O–H groups in total. The molecule has 1 aromatic rings. The molecule has 1 unspecified atom stereocenters. The van der Waals surface area contributed by atoms with Gasteiger partial charge >= 0.3 is 0 Å². The third kappa shape index (κ3) is 1.85. The highest BCUT2D eigenvalue weighted by Gasteiger charge is 2.38. The summed E-state index contributed by atoms with van der Waals surface area (Å²) in [7, 11) is 0. The Kier molecular flexibility index (Phi) is 2.71. The van der Waals surface area contributed by atoms with E-state index in [0.29, 0.717) is 13.0 Å². The molecule has 2 aliphatic rings. The van der Waals surface area contributed by atoms with Gasteiger partial charge in [0.2, 0.25) is 5.91 Å². The number of nitrogens with zero attached hydrogens (tertiary/aromatic N) is 2. The van der Waals surface area contributed by atoms with E-state index in [1.165, 1.54) is 11.1 Å². The van der Waals surface area contributed by atoms with Crippen LogP contribution in [0.5, 0.6) is 0 Å². The highest BCUT2D eigenvalue weighted by atomic mass is 16.2. The minimum absolute atomic E-state index is 0.230. The van der Waals surface area contributed by atoms with E-state index in [1.54, 1.807) is 0 Å². The Morgan fingerprint density at radius 2 is 2.00 bits per heavy atom. The van der Waals surface area contributed by atoms with E-state index in [9.17, 15) is 4.79 Å². The number of amides is 1. The van der Waals surface area contributed by atoms with Gasteiger partial charge in [-0.3, -0.25) is 9.80 Å². The smallest absolute Gasteiger partial charge is 0.238 e. The quantitative estimate of drug-likeness (QED) is 0.706. The van der Waals surface area contributed by atoms with Crippen LogP contribution in [0.15, 0.2) is 36.4 Å². The second-order valence-corrected chi connectivity index (χ2v) is 5.25. The molecular weight excluding hydrogens is 224 g/mol. The molecule has 0 aromatic heterocycles. The van der Waals surface area contributed by atoms with Gasteiger partial charge in [-0.25, -0.2) is 5.01 Å². The molecule has 1 atom stereocenters. The molecule has 1 aromatic carbocycles. The molecule has 3 nitrogen and oxygen atoms in total. The molecule has 0 saturated carbocycles. The van der Waals surface area contributed by atoms with Crippen molar-refractivity contribution in [3.63, 3.8) is 0 Å². The number of benzene rings is 1. The van der Waals surface area contributed by atoms with Gasteiger partial charge in [-0.1, -0.05) is 42.0 Å². The maximum absolute atomic E-state index is 11.8. The molecule has 2 heterocycles. The molecule has 18 heavy (non-hydrogen) atoms. The van der Waals surface area contributed by atoms with Gasteiger partial charge in [-0.15, -0.1) is 0 Å². The number of rotatable bonds is 1. The van der Waals surface area contributed by atoms with Gasteiger partial charge in [0, 0.05) is 13.0 Å². The molecule has 2 aliphatic heterocycles. The summed E-state index contributed by atoms with van der Waals surface area (Å²) in [6.45, 7) is 7.71. The van der Waals surface area contributed by atoms with Crippen LogP contribution in [0.1, 0.15) is 30.0 Å². The lowest BCUT2D eigenvalue weighted by Crippen LogP contribution is -2.46. The lowest BCUT2D eigenvalue weighted by atomic mass is 9.96. The summed E-state index contributed by atoms with van der Waals surface area (Å²) < 4.78 is 0. The predicted molar refractivity (Wildman–Crippen MR) is 70.7 cm³/mol. The Morgan fingerprint density at radius 3 is 2.72 bits per heavy atom. The standard InChI is InChI=1S/C15H18N2O/c1-11-3-5-13(6-4-11)14-9-12(2)10-17-15(18)7-8-16(14)17/h3-6,14H,2,7-10H2,1H3. The van der Waals surface area contributed by atoms with Crippen LogP contribution < -0.4 is 0 Å². The van der Waals surface area contributed by atoms with Gasteiger partial charge in [-0.05, 0) is 18.9 Å². The summed E-state index contributed by atoms with van der Waals surface area (Å²) in [6.07, 6.45) is 1.59. The number of carbonyl (C=O) groups excluding carboxylic acids is 1. The molecule has 3 heteroatoms. The topological polar surface area (TPSA) is 23.6 Å². The summed E-state index contributed by atoms with van der Waals surface area (Å²) in [5, 5.41) is 4.08. The fourth-order valence-electron chi connectivity index (χ4n) is 2.84. The summed E-state index contributed by atoms with van der Waals surface area (Å²) in [6, 6.07) is 8.88. The monoisotopic (exact) mass is 242 g/mol. The maximum Gasteiger partial charge on any atom is 0.238 e. The highest BCUT2D eigenvalue weighted by molar-refractivity contribution is 5.78. The van der Waals surface area contributed by atoms with E-state index >= 15 is 0 Å². The Hall–Kier alpha value is -1.61. The molecule has 2 fully saturated rings. The zero-order valence-electron chi connectivity index (χ0n) is 10.7. The average Bonchev–Trinajstić information content (AvgIpc) is 2.71. The number of fused-ring (bicyclic) bond motifs is 1. The Morgan fingerprint density at radius 1 is 1.28 bits per heavy atom. The first-order valence-electron chi connectivity index (χ1n) is 6.45. The molecule has 3 rings (SSSR count). The fourth-order valence-corrected chi connectivity index (χ4v) is 2.84. The molecule has 94 valence electrons. The molecular formula is C15H18N2O. The maximum atomic E-state index is 11.8. The van der Waals surface area contributed by atoms with Crippen LogP contribution in [0.2, 0.25) is 0 Å². The van der Waals surface area contributed by atoms with Crippen molar-refractivity contribution in [1.29, 1.82) is 0 Å². The number of hydrogen-bond donors (Lipinski definition) is 0. The van der Waals surface area contributed by atoms with Gasteiger partial charge in [0.25, 0.3) is 0 Å². The van der Waals surface area contributed by atoms with Gasteiger partial charge in [0.05, 0.1) is 12.6 Å². The minimum Gasteiger partial charge on any atom is -0.273 e. The van der Waals surface area contributed by atoms with E-state index in [1.807, 2.05) is 5.01 Å². The van der Waals surface area contributed by atoms with Crippen LogP contribution in [-0.4, -0.2) is 29.0 Å². The first-order valence-corrected chi connectivity index (χ1v) is 6.45. The van der Waals surface area contributed by atoms with Crippen LogP contribution in [0.25, 0.3) is 0 Å². The second-order valence-electron chi connectivity index (χ2n) is 5.25. The first kappa shape index (κ1) is 11.5. The van der Waals surface area contributed by atoms with Crippen molar-refractivity contribution < 1.29 is 4.79 Å². The second kappa shape index (κ2) is 4.25. The lowest BCUT2D eigenvalue weighted by molar-refractivity contribution is -0.142. The van der Waals surface area contributed by atoms with Crippen molar-refractivity contribution >= 4 is 5.91 Å². The summed E-state index contributed by atoms with van der Waals surface area (Å²) in [5.74, 6) is 0.230. The van der Waals surface area contributed by atoms with Crippen LogP contribution in [-0.2, 0) is 4.79 Å². The largest absolute Gasteiger partial charge is 0.273 e. The SMILES string of the molecule is C=C1CC(c2ccc(C)cc2)N2CCC(=O)N2C1. The summed E-state index contributed by atoms with van der Waals surface area (Å²) in [4.78, 5) is 11.8. The average molecular weight is 242 g/mol. The van der Waals surface area contributed by atoms with Crippen LogP contribution in [0.3, 0.4) is 0 Å². The molecule has 0 bridgehead atoms. The Balaban J connectivity index is 1.92. The van der Waals surface area contributed by atoms with E-state index in [-0.39, 0.29) is 11.9 Å². The van der Waals surface area contributed by atoms with E-state index in [2.05, 4.69) is 42.8 Å². The van der Waals surface area contributed by atoms with Crippen LogP contribution >= 0.6 is 0 Å². The van der Waals surface area contributed by atoms with Gasteiger partial charge in [0.1, 0.15) is 0 Å². The van der Waals surface area contributed by atoms with Crippen molar-refractivity contribution in [1.82, 2.24) is 10.0 Å². The first-order chi connectivity index (χ1) is 8.65. The molecule has 0 spiro atoms. The minimum atomic E-state index is 0.230. The number of aryl methyl sites for hydroxylation is 1. The third-order valence-corrected chi connectivity index (χ3v) is 3.83. The Bertz CT molecular complexity index is 492. The van der Waals surface area contributed by atoms with E-state index in [0.717, 1.165) is 18.5 Å². The zero-order valence-corrected chi connectivity index (χ0v) is 10.7. The summed E-state index contributed by atoms with van der Waals surface area (Å²) in [5.41, 5.74) is 3.69. The van der Waals surface area contributed by atoms with Crippen LogP contribution in [0.4, 0.5) is 0 Å². The van der Waals surface area contributed by atoms with Crippen molar-refractivity contribution in [3.05, 3.63) is 47.5 Å². The molecule has 2 saturated heterocycles. The summed E-state index contributed by atoms with van der Waals surface area (Å²) >= 11 is 0. The zero-order chi connectivity index (χ0) is 12.7. The van der Waals surface area contributed by atoms with E-state index in [4.69, 9.17) is 0 Å². The fraction of sp³-hybridized carbons (Fsp3) is 0.400. The van der Waals surface area contributed by atoms with Crippen molar-refractivity contribution in [3.8, 4) is 0 Å². The van der Waals surface area contributed by atoms with Crippen molar-refractivity contribution in [2.45, 2.75) is 25.8 Å².